The zero-order valence-corrected chi connectivity index (χ0v) is 13.7. The lowest BCUT2D eigenvalue weighted by Crippen LogP contribution is -2.33. The first-order valence-electron chi connectivity index (χ1n) is 7.25. The maximum atomic E-state index is 12.2. The minimum atomic E-state index is -0.826. The summed E-state index contributed by atoms with van der Waals surface area (Å²) in [6.45, 7) is 0.784. The molecule has 1 aromatic rings. The molecule has 2 aliphatic heterocycles. The molecule has 118 valence electrons. The van der Waals surface area contributed by atoms with Crippen LogP contribution in [0.25, 0.3) is 0 Å². The Balaban J connectivity index is 1.62. The number of aliphatic carboxylic acids is 1. The molecular formula is C15H18N2O3S2. The lowest BCUT2D eigenvalue weighted by Gasteiger charge is -2.17. The predicted octanol–water partition coefficient (Wildman–Crippen LogP) is 3.10. The summed E-state index contributed by atoms with van der Waals surface area (Å²) in [4.78, 5) is 24.8. The van der Waals surface area contributed by atoms with Crippen molar-refractivity contribution in [2.24, 2.45) is 5.92 Å². The van der Waals surface area contributed by atoms with Gasteiger partial charge in [0.15, 0.2) is 0 Å². The van der Waals surface area contributed by atoms with Crippen molar-refractivity contribution in [1.29, 1.82) is 0 Å². The number of hydrogen-bond donors (Lipinski definition) is 2. The third-order valence-electron chi connectivity index (χ3n) is 3.86. The van der Waals surface area contributed by atoms with E-state index in [1.165, 1.54) is 5.56 Å². The van der Waals surface area contributed by atoms with Crippen LogP contribution in [0.5, 0.6) is 0 Å². The second-order valence-electron chi connectivity index (χ2n) is 5.40. The molecule has 0 aliphatic carbocycles. The second-order valence-corrected chi connectivity index (χ2v) is 8.12. The van der Waals surface area contributed by atoms with Crippen LogP contribution in [0, 0.1) is 5.92 Å². The van der Waals surface area contributed by atoms with E-state index in [-0.39, 0.29) is 12.6 Å². The summed E-state index contributed by atoms with van der Waals surface area (Å²) in [6, 6.07) is 7.71. The van der Waals surface area contributed by atoms with Crippen molar-refractivity contribution >= 4 is 41.2 Å². The highest BCUT2D eigenvalue weighted by Gasteiger charge is 2.30. The number of carbonyl (C=O) groups excluding carboxylic acids is 1. The zero-order chi connectivity index (χ0) is 15.5. The molecule has 0 bridgehead atoms. The molecule has 2 N–H and O–H groups in total. The number of carboxylic acid groups (broad SMARTS) is 1. The molecule has 3 rings (SSSR count). The Bertz CT molecular complexity index is 576. The fourth-order valence-electron chi connectivity index (χ4n) is 2.66. The van der Waals surface area contributed by atoms with E-state index in [4.69, 9.17) is 5.11 Å². The summed E-state index contributed by atoms with van der Waals surface area (Å²) in [6.07, 6.45) is 0.526. The monoisotopic (exact) mass is 338 g/mol. The molecular weight excluding hydrogens is 320 g/mol. The Hall–Kier alpha value is -1.34. The van der Waals surface area contributed by atoms with Crippen LogP contribution in [-0.4, -0.2) is 46.6 Å². The van der Waals surface area contributed by atoms with Gasteiger partial charge in [-0.3, -0.25) is 4.79 Å². The lowest BCUT2D eigenvalue weighted by molar-refractivity contribution is -0.141. The molecule has 2 heterocycles. The number of carbonyl (C=O) groups is 2. The topological polar surface area (TPSA) is 69.6 Å². The molecule has 2 saturated heterocycles. The van der Waals surface area contributed by atoms with E-state index in [0.717, 1.165) is 17.2 Å². The number of anilines is 1. The number of hydrogen-bond acceptors (Lipinski definition) is 4. The maximum absolute atomic E-state index is 12.2. The average Bonchev–Trinajstić information content (AvgIpc) is 3.19. The molecule has 1 atom stereocenters. The van der Waals surface area contributed by atoms with Crippen molar-refractivity contribution < 1.29 is 14.7 Å². The Kier molecular flexibility index (Phi) is 4.83. The summed E-state index contributed by atoms with van der Waals surface area (Å²) in [7, 11) is 0. The fraction of sp³-hybridized carbons (Fsp3) is 0.467. The van der Waals surface area contributed by atoms with Gasteiger partial charge < -0.3 is 15.3 Å². The van der Waals surface area contributed by atoms with E-state index >= 15 is 0 Å². The Labute approximate surface area is 137 Å². The first-order valence-corrected chi connectivity index (χ1v) is 9.35. The second kappa shape index (κ2) is 6.83. The molecule has 1 aromatic carbocycles. The molecule has 7 heteroatoms. The van der Waals surface area contributed by atoms with Crippen LogP contribution in [0.3, 0.4) is 0 Å². The van der Waals surface area contributed by atoms with E-state index in [0.29, 0.717) is 17.5 Å². The van der Waals surface area contributed by atoms with Crippen molar-refractivity contribution in [2.75, 3.05) is 29.9 Å². The van der Waals surface area contributed by atoms with Crippen LogP contribution in [0.4, 0.5) is 10.5 Å². The molecule has 5 nitrogen and oxygen atoms in total. The first-order chi connectivity index (χ1) is 10.6. The molecule has 1 unspecified atom stereocenters. The highest BCUT2D eigenvalue weighted by atomic mass is 32.2. The Morgan fingerprint density at radius 3 is 2.73 bits per heavy atom. The van der Waals surface area contributed by atoms with Gasteiger partial charge in [0.25, 0.3) is 0 Å². The zero-order valence-electron chi connectivity index (χ0n) is 12.0. The van der Waals surface area contributed by atoms with Crippen LogP contribution in [0.1, 0.15) is 16.6 Å². The highest BCUT2D eigenvalue weighted by Crippen LogP contribution is 2.45. The van der Waals surface area contributed by atoms with Crippen molar-refractivity contribution in [3.05, 3.63) is 29.8 Å². The summed E-state index contributed by atoms with van der Waals surface area (Å²) < 4.78 is 0.444. The largest absolute Gasteiger partial charge is 0.481 e. The highest BCUT2D eigenvalue weighted by molar-refractivity contribution is 8.19. The van der Waals surface area contributed by atoms with Crippen molar-refractivity contribution in [3.8, 4) is 0 Å². The van der Waals surface area contributed by atoms with Gasteiger partial charge in [-0.15, -0.1) is 23.5 Å². The quantitative estimate of drug-likeness (QED) is 0.886. The van der Waals surface area contributed by atoms with E-state index < -0.39 is 11.9 Å². The minimum absolute atomic E-state index is 0.215. The first kappa shape index (κ1) is 15.6. The van der Waals surface area contributed by atoms with Gasteiger partial charge in [-0.1, -0.05) is 12.1 Å². The van der Waals surface area contributed by atoms with Gasteiger partial charge in [0.05, 0.1) is 10.5 Å². The fourth-order valence-corrected chi connectivity index (χ4v) is 5.50. The van der Waals surface area contributed by atoms with Gasteiger partial charge in [-0.2, -0.15) is 0 Å². The van der Waals surface area contributed by atoms with Crippen LogP contribution in [0.2, 0.25) is 0 Å². The Morgan fingerprint density at radius 2 is 2.05 bits per heavy atom. The van der Waals surface area contributed by atoms with E-state index in [1.54, 1.807) is 4.90 Å². The molecule has 0 aromatic heterocycles. The third kappa shape index (κ3) is 3.52. The predicted molar refractivity (Wildman–Crippen MR) is 90.4 cm³/mol. The van der Waals surface area contributed by atoms with Gasteiger partial charge in [0.1, 0.15) is 0 Å². The van der Waals surface area contributed by atoms with Crippen molar-refractivity contribution in [2.45, 2.75) is 11.0 Å². The summed E-state index contributed by atoms with van der Waals surface area (Å²) in [5.74, 6) is 1.06. The number of benzene rings is 1. The number of thioether (sulfide) groups is 2. The Morgan fingerprint density at radius 1 is 1.27 bits per heavy atom. The number of carboxylic acids is 1. The molecule has 0 radical (unpaired) electrons. The molecule has 2 amide bonds. The minimum Gasteiger partial charge on any atom is -0.481 e. The smallest absolute Gasteiger partial charge is 0.321 e. The maximum Gasteiger partial charge on any atom is 0.321 e. The number of amides is 2. The third-order valence-corrected chi connectivity index (χ3v) is 6.96. The van der Waals surface area contributed by atoms with Crippen LogP contribution >= 0.6 is 23.5 Å². The van der Waals surface area contributed by atoms with E-state index in [2.05, 4.69) is 11.4 Å². The summed E-state index contributed by atoms with van der Waals surface area (Å²) in [5, 5.41) is 11.9. The summed E-state index contributed by atoms with van der Waals surface area (Å²) >= 11 is 3.85. The van der Waals surface area contributed by atoms with E-state index in [9.17, 15) is 9.59 Å². The summed E-state index contributed by atoms with van der Waals surface area (Å²) in [5.41, 5.74) is 1.99. The van der Waals surface area contributed by atoms with Gasteiger partial charge >= 0.3 is 12.0 Å². The van der Waals surface area contributed by atoms with Crippen molar-refractivity contribution in [1.82, 2.24) is 4.90 Å². The molecule has 0 spiro atoms. The molecule has 22 heavy (non-hydrogen) atoms. The van der Waals surface area contributed by atoms with Gasteiger partial charge in [-0.05, 0) is 24.1 Å². The van der Waals surface area contributed by atoms with Gasteiger partial charge in [0, 0.05) is 30.3 Å². The molecule has 2 aliphatic rings. The number of likely N-dealkylation sites (tertiary alicyclic amines) is 1. The molecule has 2 fully saturated rings. The number of rotatable bonds is 3. The number of nitrogens with zero attached hydrogens (tertiary/aromatic N) is 1. The standard InChI is InChI=1S/C15H18N2O3S2/c18-13(19)11-4-5-17(9-11)15(20)16-12-3-1-2-10(8-12)14-21-6-7-22-14/h1-3,8,11,14H,4-7,9H2,(H,16,20)(H,18,19). The number of nitrogens with one attached hydrogen (secondary N) is 1. The van der Waals surface area contributed by atoms with Crippen LogP contribution < -0.4 is 5.32 Å². The molecule has 0 saturated carbocycles. The average molecular weight is 338 g/mol. The van der Waals surface area contributed by atoms with Gasteiger partial charge in [-0.25, -0.2) is 4.79 Å². The van der Waals surface area contributed by atoms with Crippen molar-refractivity contribution in [3.63, 3.8) is 0 Å². The number of urea groups is 1. The van der Waals surface area contributed by atoms with Crippen LogP contribution in [0.15, 0.2) is 24.3 Å². The van der Waals surface area contributed by atoms with Gasteiger partial charge in [0.2, 0.25) is 0 Å². The van der Waals surface area contributed by atoms with Crippen LogP contribution in [-0.2, 0) is 4.79 Å². The van der Waals surface area contributed by atoms with E-state index in [1.807, 2.05) is 41.7 Å². The SMILES string of the molecule is O=C(O)C1CCN(C(=O)Nc2cccc(C3SCCS3)c2)C1. The normalized spacial score (nSPS) is 22.0. The lowest BCUT2D eigenvalue weighted by atomic mass is 10.1.